The number of hydrazine groups is 1. The van der Waals surface area contributed by atoms with E-state index in [1.54, 1.807) is 14.2 Å². The van der Waals surface area contributed by atoms with Crippen LogP contribution in [0.2, 0.25) is 5.02 Å². The van der Waals surface area contributed by atoms with Gasteiger partial charge in [-0.2, -0.15) is 0 Å². The predicted octanol–water partition coefficient (Wildman–Crippen LogP) is 4.04. The SMILES string of the molecule is COCCC1=C(COc2cccc(OC)c2)CN(c2ccccc2Cl)N1. The van der Waals surface area contributed by atoms with E-state index in [-0.39, 0.29) is 0 Å². The van der Waals surface area contributed by atoms with E-state index in [4.69, 9.17) is 25.8 Å². The third-order valence-corrected chi connectivity index (χ3v) is 4.52. The molecule has 0 amide bonds. The van der Waals surface area contributed by atoms with E-state index in [0.717, 1.165) is 29.3 Å². The Labute approximate surface area is 159 Å². The first-order valence-corrected chi connectivity index (χ1v) is 8.84. The van der Waals surface area contributed by atoms with Gasteiger partial charge in [-0.1, -0.05) is 29.8 Å². The quantitative estimate of drug-likeness (QED) is 0.755. The zero-order valence-corrected chi connectivity index (χ0v) is 15.8. The first-order chi connectivity index (χ1) is 12.7. The molecule has 0 saturated heterocycles. The number of ether oxygens (including phenoxy) is 3. The number of anilines is 1. The second-order valence-corrected chi connectivity index (χ2v) is 6.35. The Balaban J connectivity index is 1.72. The molecule has 1 aliphatic rings. The third-order valence-electron chi connectivity index (χ3n) is 4.20. The van der Waals surface area contributed by atoms with Crippen molar-refractivity contribution in [1.29, 1.82) is 0 Å². The van der Waals surface area contributed by atoms with Crippen molar-refractivity contribution < 1.29 is 14.2 Å². The maximum atomic E-state index is 6.34. The van der Waals surface area contributed by atoms with E-state index in [2.05, 4.69) is 5.43 Å². The van der Waals surface area contributed by atoms with E-state index >= 15 is 0 Å². The maximum Gasteiger partial charge on any atom is 0.123 e. The van der Waals surface area contributed by atoms with Gasteiger partial charge in [0.1, 0.15) is 18.1 Å². The highest BCUT2D eigenvalue weighted by atomic mass is 35.5. The first kappa shape index (κ1) is 18.4. The normalized spacial score (nSPS) is 13.7. The van der Waals surface area contributed by atoms with Gasteiger partial charge in [0, 0.05) is 30.9 Å². The Morgan fingerprint density at radius 3 is 2.65 bits per heavy atom. The van der Waals surface area contributed by atoms with Gasteiger partial charge in [-0.05, 0) is 24.3 Å². The van der Waals surface area contributed by atoms with Crippen LogP contribution in [0.4, 0.5) is 5.69 Å². The molecular weight excluding hydrogens is 352 g/mol. The zero-order valence-electron chi connectivity index (χ0n) is 15.0. The number of hydrogen-bond donors (Lipinski definition) is 1. The molecule has 26 heavy (non-hydrogen) atoms. The highest BCUT2D eigenvalue weighted by molar-refractivity contribution is 6.33. The third kappa shape index (κ3) is 4.42. The van der Waals surface area contributed by atoms with Crippen LogP contribution in [0.3, 0.4) is 0 Å². The maximum absolute atomic E-state index is 6.34. The number of nitrogens with one attached hydrogen (secondary N) is 1. The van der Waals surface area contributed by atoms with Crippen LogP contribution in [0, 0.1) is 0 Å². The number of para-hydroxylation sites is 1. The van der Waals surface area contributed by atoms with Gasteiger partial charge >= 0.3 is 0 Å². The molecule has 1 heterocycles. The van der Waals surface area contributed by atoms with Crippen LogP contribution in [0.25, 0.3) is 0 Å². The summed E-state index contributed by atoms with van der Waals surface area (Å²) in [6.07, 6.45) is 0.786. The smallest absolute Gasteiger partial charge is 0.123 e. The second kappa shape index (κ2) is 8.83. The number of halogens is 1. The summed E-state index contributed by atoms with van der Waals surface area (Å²) in [6.45, 7) is 1.83. The summed E-state index contributed by atoms with van der Waals surface area (Å²) in [4.78, 5) is 0. The summed E-state index contributed by atoms with van der Waals surface area (Å²) in [5.41, 5.74) is 6.66. The average molecular weight is 375 g/mol. The summed E-state index contributed by atoms with van der Waals surface area (Å²) in [6, 6.07) is 15.4. The van der Waals surface area contributed by atoms with Crippen LogP contribution in [-0.4, -0.2) is 34.0 Å². The van der Waals surface area contributed by atoms with Crippen LogP contribution in [0.1, 0.15) is 6.42 Å². The van der Waals surface area contributed by atoms with Gasteiger partial charge in [0.05, 0.1) is 31.0 Å². The minimum atomic E-state index is 0.486. The van der Waals surface area contributed by atoms with E-state index in [1.807, 2.05) is 53.5 Å². The van der Waals surface area contributed by atoms with E-state index in [9.17, 15) is 0 Å². The van der Waals surface area contributed by atoms with Gasteiger partial charge in [-0.3, -0.25) is 5.01 Å². The Kier molecular flexibility index (Phi) is 6.26. The summed E-state index contributed by atoms with van der Waals surface area (Å²) in [5.74, 6) is 1.55. The molecule has 3 rings (SSSR count). The van der Waals surface area contributed by atoms with Crippen LogP contribution in [-0.2, 0) is 4.74 Å². The van der Waals surface area contributed by atoms with E-state index in [1.165, 1.54) is 5.57 Å². The molecule has 6 heteroatoms. The van der Waals surface area contributed by atoms with Crippen molar-refractivity contribution in [3.05, 3.63) is 64.8 Å². The fourth-order valence-electron chi connectivity index (χ4n) is 2.81. The van der Waals surface area contributed by atoms with Crippen LogP contribution in [0.15, 0.2) is 59.8 Å². The van der Waals surface area contributed by atoms with Crippen molar-refractivity contribution in [3.8, 4) is 11.5 Å². The fraction of sp³-hybridized carbons (Fsp3) is 0.300. The molecule has 0 saturated carbocycles. The molecule has 0 bridgehead atoms. The van der Waals surface area contributed by atoms with Crippen molar-refractivity contribution in [2.75, 3.05) is 39.0 Å². The number of hydrogen-bond acceptors (Lipinski definition) is 5. The van der Waals surface area contributed by atoms with Crippen LogP contribution >= 0.6 is 11.6 Å². The molecule has 0 spiro atoms. The lowest BCUT2D eigenvalue weighted by Gasteiger charge is -2.21. The molecule has 1 N–H and O–H groups in total. The van der Waals surface area contributed by atoms with E-state index < -0.39 is 0 Å². The van der Waals surface area contributed by atoms with Gasteiger partial charge in [-0.25, -0.2) is 0 Å². The molecule has 2 aromatic carbocycles. The van der Waals surface area contributed by atoms with Crippen molar-refractivity contribution in [2.45, 2.75) is 6.42 Å². The summed E-state index contributed by atoms with van der Waals surface area (Å²) in [5, 5.41) is 2.75. The highest BCUT2D eigenvalue weighted by Crippen LogP contribution is 2.29. The van der Waals surface area contributed by atoms with Crippen molar-refractivity contribution in [2.24, 2.45) is 0 Å². The average Bonchev–Trinajstić information content (AvgIpc) is 3.08. The molecule has 5 nitrogen and oxygen atoms in total. The molecule has 0 unspecified atom stereocenters. The standard InChI is InChI=1S/C20H23ClN2O3/c1-24-11-10-19-15(14-26-17-7-5-6-16(12-17)25-2)13-23(22-19)20-9-4-3-8-18(20)21/h3-9,12,22H,10-11,13-14H2,1-2H3. The van der Waals surface area contributed by atoms with Gasteiger partial charge in [-0.15, -0.1) is 0 Å². The van der Waals surface area contributed by atoms with Gasteiger partial charge in [0.15, 0.2) is 0 Å². The predicted molar refractivity (Wildman–Crippen MR) is 104 cm³/mol. The summed E-state index contributed by atoms with van der Waals surface area (Å²) in [7, 11) is 3.35. The van der Waals surface area contributed by atoms with Crippen molar-refractivity contribution in [3.63, 3.8) is 0 Å². The molecule has 0 radical (unpaired) electrons. The monoisotopic (exact) mass is 374 g/mol. The molecule has 0 fully saturated rings. The van der Waals surface area contributed by atoms with E-state index in [0.29, 0.717) is 24.8 Å². The minimum Gasteiger partial charge on any atom is -0.497 e. The number of benzene rings is 2. The number of rotatable bonds is 8. The Bertz CT molecular complexity index is 779. The lowest BCUT2D eigenvalue weighted by Crippen LogP contribution is -2.32. The van der Waals surface area contributed by atoms with Crippen molar-refractivity contribution >= 4 is 17.3 Å². The topological polar surface area (TPSA) is 43.0 Å². The molecule has 0 aromatic heterocycles. The Morgan fingerprint density at radius 1 is 1.08 bits per heavy atom. The zero-order chi connectivity index (χ0) is 18.4. The number of nitrogens with zero attached hydrogens (tertiary/aromatic N) is 1. The fourth-order valence-corrected chi connectivity index (χ4v) is 3.05. The molecule has 0 atom stereocenters. The second-order valence-electron chi connectivity index (χ2n) is 5.94. The Morgan fingerprint density at radius 2 is 1.88 bits per heavy atom. The lowest BCUT2D eigenvalue weighted by molar-refractivity contribution is 0.200. The molecule has 2 aromatic rings. The highest BCUT2D eigenvalue weighted by Gasteiger charge is 2.23. The van der Waals surface area contributed by atoms with Gasteiger partial charge in [0.25, 0.3) is 0 Å². The molecule has 0 aliphatic carbocycles. The minimum absolute atomic E-state index is 0.486. The van der Waals surface area contributed by atoms with Crippen LogP contribution < -0.4 is 19.9 Å². The molecular formula is C20H23ClN2O3. The van der Waals surface area contributed by atoms with Gasteiger partial charge in [0.2, 0.25) is 0 Å². The molecule has 138 valence electrons. The van der Waals surface area contributed by atoms with Crippen molar-refractivity contribution in [1.82, 2.24) is 5.43 Å². The largest absolute Gasteiger partial charge is 0.497 e. The Hall–Kier alpha value is -2.37. The molecule has 1 aliphatic heterocycles. The summed E-state index contributed by atoms with van der Waals surface area (Å²) < 4.78 is 16.5. The first-order valence-electron chi connectivity index (χ1n) is 8.46. The number of methoxy groups -OCH3 is 2. The lowest BCUT2D eigenvalue weighted by atomic mass is 10.2. The van der Waals surface area contributed by atoms with Crippen LogP contribution in [0.5, 0.6) is 11.5 Å². The summed E-state index contributed by atoms with van der Waals surface area (Å²) >= 11 is 6.34. The van der Waals surface area contributed by atoms with Gasteiger partial charge < -0.3 is 19.6 Å².